The normalized spacial score (nSPS) is 15.3. The first kappa shape index (κ1) is 11.4. The molecule has 0 aliphatic carbocycles. The molecule has 0 radical (unpaired) electrons. The molecule has 1 amide bonds. The van der Waals surface area contributed by atoms with Gasteiger partial charge in [-0.05, 0) is 11.4 Å². The van der Waals surface area contributed by atoms with Gasteiger partial charge in [0.05, 0.1) is 23.0 Å². The number of aromatic nitrogens is 1. The lowest BCUT2D eigenvalue weighted by Crippen LogP contribution is -2.50. The Morgan fingerprint density at radius 3 is 3.17 bits per heavy atom. The molecule has 1 saturated heterocycles. The molecule has 0 aromatic carbocycles. The van der Waals surface area contributed by atoms with Crippen LogP contribution >= 0.6 is 11.3 Å². The van der Waals surface area contributed by atoms with E-state index in [4.69, 9.17) is 4.42 Å². The van der Waals surface area contributed by atoms with Crippen molar-refractivity contribution in [3.8, 4) is 10.8 Å². The minimum absolute atomic E-state index is 0.0782. The molecule has 0 saturated carbocycles. The average molecular weight is 263 g/mol. The third kappa shape index (κ3) is 2.30. The topological polar surface area (TPSA) is 67.2 Å². The minimum Gasteiger partial charge on any atom is -0.443 e. The quantitative estimate of drug-likeness (QED) is 0.871. The molecule has 5 nitrogen and oxygen atoms in total. The lowest BCUT2D eigenvalue weighted by atomic mass is 10.0. The smallest absolute Gasteiger partial charge is 0.236 e. The first-order chi connectivity index (χ1) is 8.83. The van der Waals surface area contributed by atoms with Crippen LogP contribution in [0, 0.1) is 5.92 Å². The standard InChI is InChI=1S/C12H13N3O2S/c16-11(8-4-13-5-8)14-6-9-7-17-12(15-9)10-2-1-3-18-10/h1-3,7-8,13H,4-6H2,(H,14,16). The molecule has 94 valence electrons. The van der Waals surface area contributed by atoms with Crippen molar-refractivity contribution in [2.24, 2.45) is 5.92 Å². The number of rotatable bonds is 4. The fourth-order valence-corrected chi connectivity index (χ4v) is 2.35. The zero-order chi connectivity index (χ0) is 12.4. The van der Waals surface area contributed by atoms with Gasteiger partial charge in [-0.25, -0.2) is 4.98 Å². The maximum atomic E-state index is 11.6. The Labute approximate surface area is 108 Å². The predicted octanol–water partition coefficient (Wildman–Crippen LogP) is 1.24. The zero-order valence-electron chi connectivity index (χ0n) is 9.68. The molecule has 0 spiro atoms. The Kier molecular flexibility index (Phi) is 3.12. The summed E-state index contributed by atoms with van der Waals surface area (Å²) < 4.78 is 5.38. The summed E-state index contributed by atoms with van der Waals surface area (Å²) in [4.78, 5) is 17.0. The Bertz CT molecular complexity index is 531. The average Bonchev–Trinajstić information content (AvgIpc) is 2.94. The number of oxazole rings is 1. The highest BCUT2D eigenvalue weighted by Crippen LogP contribution is 2.23. The Balaban J connectivity index is 1.58. The van der Waals surface area contributed by atoms with E-state index in [1.54, 1.807) is 17.6 Å². The van der Waals surface area contributed by atoms with E-state index >= 15 is 0 Å². The van der Waals surface area contributed by atoms with E-state index in [2.05, 4.69) is 15.6 Å². The summed E-state index contributed by atoms with van der Waals surface area (Å²) in [5, 5.41) is 7.91. The molecule has 2 aromatic heterocycles. The molecule has 1 aliphatic rings. The number of amides is 1. The summed E-state index contributed by atoms with van der Waals surface area (Å²) in [6.07, 6.45) is 1.59. The van der Waals surface area contributed by atoms with E-state index in [9.17, 15) is 4.79 Å². The number of hydrogen-bond acceptors (Lipinski definition) is 5. The van der Waals surface area contributed by atoms with Gasteiger partial charge in [0.2, 0.25) is 11.8 Å². The molecule has 0 atom stereocenters. The third-order valence-corrected chi connectivity index (χ3v) is 3.74. The predicted molar refractivity (Wildman–Crippen MR) is 68.0 cm³/mol. The van der Waals surface area contributed by atoms with Crippen LogP contribution in [0.4, 0.5) is 0 Å². The second-order valence-corrected chi connectivity index (χ2v) is 5.14. The monoisotopic (exact) mass is 263 g/mol. The van der Waals surface area contributed by atoms with Gasteiger partial charge in [0.1, 0.15) is 6.26 Å². The van der Waals surface area contributed by atoms with Crippen LogP contribution in [0.3, 0.4) is 0 Å². The number of nitrogens with one attached hydrogen (secondary N) is 2. The van der Waals surface area contributed by atoms with Crippen LogP contribution in [-0.2, 0) is 11.3 Å². The SMILES string of the molecule is O=C(NCc1coc(-c2cccs2)n1)C1CNC1. The van der Waals surface area contributed by atoms with Crippen molar-refractivity contribution in [2.75, 3.05) is 13.1 Å². The number of carbonyl (C=O) groups is 1. The number of carbonyl (C=O) groups excluding carboxylic acids is 1. The van der Waals surface area contributed by atoms with E-state index < -0.39 is 0 Å². The van der Waals surface area contributed by atoms with E-state index in [0.717, 1.165) is 23.7 Å². The van der Waals surface area contributed by atoms with Crippen molar-refractivity contribution in [3.63, 3.8) is 0 Å². The van der Waals surface area contributed by atoms with Crippen LogP contribution < -0.4 is 10.6 Å². The molecular formula is C12H13N3O2S. The summed E-state index contributed by atoms with van der Waals surface area (Å²) >= 11 is 1.58. The van der Waals surface area contributed by atoms with Gasteiger partial charge in [0.15, 0.2) is 0 Å². The van der Waals surface area contributed by atoms with Gasteiger partial charge in [0, 0.05) is 13.1 Å². The third-order valence-electron chi connectivity index (χ3n) is 2.88. The highest BCUT2D eigenvalue weighted by Gasteiger charge is 2.24. The summed E-state index contributed by atoms with van der Waals surface area (Å²) in [6.45, 7) is 1.96. The molecular weight excluding hydrogens is 250 g/mol. The number of hydrogen-bond donors (Lipinski definition) is 2. The molecule has 3 heterocycles. The van der Waals surface area contributed by atoms with Gasteiger partial charge in [-0.15, -0.1) is 11.3 Å². The molecule has 2 aromatic rings. The van der Waals surface area contributed by atoms with Crippen LogP contribution in [0.1, 0.15) is 5.69 Å². The summed E-state index contributed by atoms with van der Waals surface area (Å²) in [5.41, 5.74) is 0.749. The Hall–Kier alpha value is -1.66. The van der Waals surface area contributed by atoms with Gasteiger partial charge in [-0.3, -0.25) is 4.79 Å². The van der Waals surface area contributed by atoms with Crippen LogP contribution in [0.25, 0.3) is 10.8 Å². The second-order valence-electron chi connectivity index (χ2n) is 4.19. The lowest BCUT2D eigenvalue weighted by Gasteiger charge is -2.25. The van der Waals surface area contributed by atoms with Gasteiger partial charge >= 0.3 is 0 Å². The molecule has 1 aliphatic heterocycles. The largest absolute Gasteiger partial charge is 0.443 e. The van der Waals surface area contributed by atoms with E-state index in [-0.39, 0.29) is 11.8 Å². The number of nitrogens with zero attached hydrogens (tertiary/aromatic N) is 1. The van der Waals surface area contributed by atoms with Crippen molar-refractivity contribution in [3.05, 3.63) is 29.5 Å². The van der Waals surface area contributed by atoms with Gasteiger partial charge in [-0.1, -0.05) is 6.07 Å². The lowest BCUT2D eigenvalue weighted by molar-refractivity contribution is -0.126. The van der Waals surface area contributed by atoms with Crippen molar-refractivity contribution in [1.29, 1.82) is 0 Å². The maximum absolute atomic E-state index is 11.6. The molecule has 3 rings (SSSR count). The summed E-state index contributed by atoms with van der Waals surface area (Å²) in [7, 11) is 0. The van der Waals surface area contributed by atoms with Crippen molar-refractivity contribution in [2.45, 2.75) is 6.54 Å². The fraction of sp³-hybridized carbons (Fsp3) is 0.333. The highest BCUT2D eigenvalue weighted by atomic mass is 32.1. The highest BCUT2D eigenvalue weighted by molar-refractivity contribution is 7.13. The van der Waals surface area contributed by atoms with Gasteiger partial charge in [0.25, 0.3) is 0 Å². The molecule has 2 N–H and O–H groups in total. The van der Waals surface area contributed by atoms with E-state index in [0.29, 0.717) is 12.4 Å². The van der Waals surface area contributed by atoms with Crippen LogP contribution in [-0.4, -0.2) is 24.0 Å². The van der Waals surface area contributed by atoms with Gasteiger partial charge in [-0.2, -0.15) is 0 Å². The minimum atomic E-state index is 0.0782. The van der Waals surface area contributed by atoms with Gasteiger partial charge < -0.3 is 15.1 Å². The zero-order valence-corrected chi connectivity index (χ0v) is 10.5. The molecule has 1 fully saturated rings. The fourth-order valence-electron chi connectivity index (χ4n) is 1.70. The molecule has 6 heteroatoms. The second kappa shape index (κ2) is 4.91. The Morgan fingerprint density at radius 1 is 1.61 bits per heavy atom. The first-order valence-electron chi connectivity index (χ1n) is 5.79. The molecule has 18 heavy (non-hydrogen) atoms. The summed E-state index contributed by atoms with van der Waals surface area (Å²) in [5.74, 6) is 0.794. The van der Waals surface area contributed by atoms with E-state index in [1.165, 1.54) is 0 Å². The van der Waals surface area contributed by atoms with Crippen LogP contribution in [0.2, 0.25) is 0 Å². The van der Waals surface area contributed by atoms with Crippen LogP contribution in [0.5, 0.6) is 0 Å². The van der Waals surface area contributed by atoms with Crippen molar-refractivity contribution in [1.82, 2.24) is 15.6 Å². The van der Waals surface area contributed by atoms with E-state index in [1.807, 2.05) is 17.5 Å². The first-order valence-corrected chi connectivity index (χ1v) is 6.67. The van der Waals surface area contributed by atoms with Crippen molar-refractivity contribution < 1.29 is 9.21 Å². The number of thiophene rings is 1. The van der Waals surface area contributed by atoms with Crippen molar-refractivity contribution >= 4 is 17.2 Å². The van der Waals surface area contributed by atoms with Crippen LogP contribution in [0.15, 0.2) is 28.2 Å². The Morgan fingerprint density at radius 2 is 2.50 bits per heavy atom. The summed E-state index contributed by atoms with van der Waals surface area (Å²) in [6, 6.07) is 3.91. The molecule has 0 bridgehead atoms. The molecule has 0 unspecified atom stereocenters. The maximum Gasteiger partial charge on any atom is 0.236 e.